The van der Waals surface area contributed by atoms with Crippen molar-refractivity contribution in [3.63, 3.8) is 0 Å². The minimum absolute atomic E-state index is 0.146. The lowest BCUT2D eigenvalue weighted by molar-refractivity contribution is -0.137. The van der Waals surface area contributed by atoms with Gasteiger partial charge in [0.15, 0.2) is 6.29 Å². The third-order valence-electron chi connectivity index (χ3n) is 3.91. The number of alkyl halides is 3. The third kappa shape index (κ3) is 3.33. The number of halogens is 3. The van der Waals surface area contributed by atoms with Crippen molar-refractivity contribution < 1.29 is 27.1 Å². The molecule has 4 rings (SSSR count). The van der Waals surface area contributed by atoms with Crippen LogP contribution in [0.2, 0.25) is 0 Å². The quantitative estimate of drug-likeness (QED) is 0.688. The Morgan fingerprint density at radius 3 is 2.15 bits per heavy atom. The van der Waals surface area contributed by atoms with Crippen molar-refractivity contribution in [2.45, 2.75) is 12.5 Å². The fourth-order valence-electron chi connectivity index (χ4n) is 2.63. The number of aromatic nitrogens is 2. The summed E-state index contributed by atoms with van der Waals surface area (Å²) in [6, 6.07) is 11.9. The summed E-state index contributed by atoms with van der Waals surface area (Å²) >= 11 is 0. The molecule has 1 fully saturated rings. The molecule has 0 unspecified atom stereocenters. The number of benzene rings is 2. The normalized spacial score (nSPS) is 15.5. The number of ether oxygens (including phenoxy) is 2. The second-order valence-corrected chi connectivity index (χ2v) is 5.69. The lowest BCUT2D eigenvalue weighted by atomic mass is 10.1. The zero-order valence-electron chi connectivity index (χ0n) is 13.4. The summed E-state index contributed by atoms with van der Waals surface area (Å²) in [5, 5.41) is 7.90. The maximum Gasteiger partial charge on any atom is 0.416 e. The Morgan fingerprint density at radius 2 is 1.50 bits per heavy atom. The molecule has 0 atom stereocenters. The van der Waals surface area contributed by atoms with Crippen LogP contribution in [-0.4, -0.2) is 23.4 Å². The van der Waals surface area contributed by atoms with Gasteiger partial charge in [-0.05, 0) is 36.4 Å². The van der Waals surface area contributed by atoms with Crippen molar-refractivity contribution in [3.8, 4) is 22.9 Å². The van der Waals surface area contributed by atoms with Gasteiger partial charge in [0, 0.05) is 16.7 Å². The second-order valence-electron chi connectivity index (χ2n) is 5.69. The lowest BCUT2D eigenvalue weighted by Crippen LogP contribution is -2.03. The maximum atomic E-state index is 12.6. The van der Waals surface area contributed by atoms with E-state index in [0.29, 0.717) is 24.3 Å². The van der Waals surface area contributed by atoms with Gasteiger partial charge in [-0.25, -0.2) is 0 Å². The summed E-state index contributed by atoms with van der Waals surface area (Å²) in [6.07, 6.45) is -4.81. The lowest BCUT2D eigenvalue weighted by Gasteiger charge is -2.09. The standard InChI is InChI=1S/C18H13F3N2O3/c19-18(20,21)14-6-4-11(5-7-14)15-22-23-16(26-15)12-2-1-3-13(10-12)17-24-8-9-25-17/h1-7,10,17H,8-9H2. The first-order chi connectivity index (χ1) is 12.5. The minimum Gasteiger partial charge on any atom is -0.416 e. The summed E-state index contributed by atoms with van der Waals surface area (Å²) in [5.41, 5.74) is 1.18. The topological polar surface area (TPSA) is 57.4 Å². The van der Waals surface area contributed by atoms with Crippen LogP contribution in [-0.2, 0) is 15.7 Å². The molecule has 0 amide bonds. The van der Waals surface area contributed by atoms with Crippen molar-refractivity contribution >= 4 is 0 Å². The third-order valence-corrected chi connectivity index (χ3v) is 3.91. The summed E-state index contributed by atoms with van der Waals surface area (Å²) in [6.45, 7) is 1.07. The van der Waals surface area contributed by atoms with E-state index in [1.807, 2.05) is 18.2 Å². The van der Waals surface area contributed by atoms with Crippen LogP contribution >= 0.6 is 0 Å². The van der Waals surface area contributed by atoms with Crippen LogP contribution in [0.15, 0.2) is 52.9 Å². The van der Waals surface area contributed by atoms with Crippen LogP contribution in [0.1, 0.15) is 17.4 Å². The van der Waals surface area contributed by atoms with E-state index in [2.05, 4.69) is 10.2 Å². The Kier molecular flexibility index (Phi) is 4.21. The summed E-state index contributed by atoms with van der Waals surface area (Å²) in [5.74, 6) is 0.409. The Balaban J connectivity index is 1.59. The van der Waals surface area contributed by atoms with Gasteiger partial charge in [0.2, 0.25) is 11.8 Å². The van der Waals surface area contributed by atoms with Gasteiger partial charge in [0.25, 0.3) is 0 Å². The molecule has 0 radical (unpaired) electrons. The van der Waals surface area contributed by atoms with Gasteiger partial charge in [-0.3, -0.25) is 0 Å². The van der Waals surface area contributed by atoms with Gasteiger partial charge in [-0.15, -0.1) is 10.2 Å². The van der Waals surface area contributed by atoms with Crippen LogP contribution in [0, 0.1) is 0 Å². The zero-order chi connectivity index (χ0) is 18.1. The van der Waals surface area contributed by atoms with E-state index in [-0.39, 0.29) is 11.8 Å². The Bertz CT molecular complexity index is 901. The molecule has 3 aromatic rings. The highest BCUT2D eigenvalue weighted by atomic mass is 19.4. The Labute approximate surface area is 146 Å². The molecule has 1 aliphatic heterocycles. The van der Waals surface area contributed by atoms with Gasteiger partial charge < -0.3 is 13.9 Å². The highest BCUT2D eigenvalue weighted by Gasteiger charge is 2.30. The molecule has 8 heteroatoms. The van der Waals surface area contributed by atoms with Gasteiger partial charge >= 0.3 is 6.18 Å². The van der Waals surface area contributed by atoms with E-state index in [9.17, 15) is 13.2 Å². The van der Waals surface area contributed by atoms with Gasteiger partial charge in [0.1, 0.15) is 0 Å². The molecule has 2 aromatic carbocycles. The monoisotopic (exact) mass is 362 g/mol. The Morgan fingerprint density at radius 1 is 0.846 bits per heavy atom. The van der Waals surface area contributed by atoms with Gasteiger partial charge in [-0.2, -0.15) is 13.2 Å². The summed E-state index contributed by atoms with van der Waals surface area (Å²) in [4.78, 5) is 0. The fourth-order valence-corrected chi connectivity index (χ4v) is 2.63. The van der Waals surface area contributed by atoms with Crippen molar-refractivity contribution in [1.29, 1.82) is 0 Å². The molecular formula is C18H13F3N2O3. The molecule has 0 spiro atoms. The predicted molar refractivity (Wildman–Crippen MR) is 84.8 cm³/mol. The molecular weight excluding hydrogens is 349 g/mol. The van der Waals surface area contributed by atoms with Crippen molar-refractivity contribution in [1.82, 2.24) is 10.2 Å². The van der Waals surface area contributed by atoms with E-state index >= 15 is 0 Å². The minimum atomic E-state index is -4.39. The average Bonchev–Trinajstić information content (AvgIpc) is 3.33. The molecule has 0 bridgehead atoms. The predicted octanol–water partition coefficient (Wildman–Crippen LogP) is 4.47. The molecule has 1 aliphatic rings. The van der Waals surface area contributed by atoms with Crippen LogP contribution in [0.25, 0.3) is 22.9 Å². The number of nitrogens with zero attached hydrogens (tertiary/aromatic N) is 2. The zero-order valence-corrected chi connectivity index (χ0v) is 13.4. The van der Waals surface area contributed by atoms with E-state index in [4.69, 9.17) is 13.9 Å². The molecule has 1 saturated heterocycles. The van der Waals surface area contributed by atoms with E-state index in [0.717, 1.165) is 17.7 Å². The first-order valence-electron chi connectivity index (χ1n) is 7.85. The smallest absolute Gasteiger partial charge is 0.416 e. The highest BCUT2D eigenvalue weighted by molar-refractivity contribution is 5.59. The molecule has 0 aliphatic carbocycles. The average molecular weight is 362 g/mol. The number of rotatable bonds is 3. The van der Waals surface area contributed by atoms with E-state index in [1.54, 1.807) is 6.07 Å². The molecule has 5 nitrogen and oxygen atoms in total. The maximum absolute atomic E-state index is 12.6. The highest BCUT2D eigenvalue weighted by Crippen LogP contribution is 2.32. The van der Waals surface area contributed by atoms with Gasteiger partial charge in [-0.1, -0.05) is 12.1 Å². The second kappa shape index (κ2) is 6.54. The number of hydrogen-bond acceptors (Lipinski definition) is 5. The number of hydrogen-bond donors (Lipinski definition) is 0. The molecule has 2 heterocycles. The Hall–Kier alpha value is -2.71. The van der Waals surface area contributed by atoms with Crippen LogP contribution in [0.4, 0.5) is 13.2 Å². The summed E-state index contributed by atoms with van der Waals surface area (Å²) in [7, 11) is 0. The molecule has 26 heavy (non-hydrogen) atoms. The first kappa shape index (κ1) is 16.7. The van der Waals surface area contributed by atoms with Crippen LogP contribution in [0.3, 0.4) is 0 Å². The van der Waals surface area contributed by atoms with E-state index in [1.165, 1.54) is 12.1 Å². The molecule has 0 N–H and O–H groups in total. The SMILES string of the molecule is FC(F)(F)c1ccc(-c2nnc(-c3cccc(C4OCCO4)c3)o2)cc1. The van der Waals surface area contributed by atoms with Crippen molar-refractivity contribution in [2.75, 3.05) is 13.2 Å². The van der Waals surface area contributed by atoms with Crippen molar-refractivity contribution in [2.24, 2.45) is 0 Å². The molecule has 134 valence electrons. The summed E-state index contributed by atoms with van der Waals surface area (Å²) < 4.78 is 54.5. The molecule has 1 aromatic heterocycles. The largest absolute Gasteiger partial charge is 0.416 e. The van der Waals surface area contributed by atoms with Crippen LogP contribution < -0.4 is 0 Å². The van der Waals surface area contributed by atoms with Crippen LogP contribution in [0.5, 0.6) is 0 Å². The molecule has 0 saturated carbocycles. The first-order valence-corrected chi connectivity index (χ1v) is 7.85. The fraction of sp³-hybridized carbons (Fsp3) is 0.222. The van der Waals surface area contributed by atoms with Crippen molar-refractivity contribution in [3.05, 3.63) is 59.7 Å². The van der Waals surface area contributed by atoms with E-state index < -0.39 is 18.0 Å². The van der Waals surface area contributed by atoms with Gasteiger partial charge in [0.05, 0.1) is 18.8 Å².